The summed E-state index contributed by atoms with van der Waals surface area (Å²) in [6, 6.07) is 4.69. The molecule has 3 unspecified atom stereocenters. The molecule has 1 aromatic rings. The molecule has 18 heavy (non-hydrogen) atoms. The van der Waals surface area contributed by atoms with E-state index >= 15 is 0 Å². The highest BCUT2D eigenvalue weighted by Gasteiger charge is 2.31. The highest BCUT2D eigenvalue weighted by Crippen LogP contribution is 2.41. The van der Waals surface area contributed by atoms with E-state index in [2.05, 4.69) is 13.8 Å². The second-order valence-electron chi connectivity index (χ2n) is 5.75. The SMILES string of the molecule is CC(C)C1CCC(N)C(c2cc(F)ccc2Cl)C1. The van der Waals surface area contributed by atoms with Crippen LogP contribution in [0, 0.1) is 17.7 Å². The Labute approximate surface area is 114 Å². The lowest BCUT2D eigenvalue weighted by Crippen LogP contribution is -2.36. The molecule has 0 heterocycles. The molecule has 0 radical (unpaired) electrons. The first-order valence-corrected chi connectivity index (χ1v) is 7.07. The van der Waals surface area contributed by atoms with Crippen molar-refractivity contribution < 1.29 is 4.39 Å². The summed E-state index contributed by atoms with van der Waals surface area (Å²) in [6.07, 6.45) is 3.19. The van der Waals surface area contributed by atoms with Gasteiger partial charge in [0.05, 0.1) is 0 Å². The van der Waals surface area contributed by atoms with E-state index in [9.17, 15) is 4.39 Å². The van der Waals surface area contributed by atoms with Crippen molar-refractivity contribution in [2.75, 3.05) is 0 Å². The molecule has 1 aromatic carbocycles. The molecule has 1 aliphatic carbocycles. The van der Waals surface area contributed by atoms with Gasteiger partial charge in [0, 0.05) is 17.0 Å². The van der Waals surface area contributed by atoms with E-state index in [1.54, 1.807) is 12.1 Å². The summed E-state index contributed by atoms with van der Waals surface area (Å²) >= 11 is 6.20. The Bertz CT molecular complexity index is 419. The van der Waals surface area contributed by atoms with Crippen molar-refractivity contribution in [2.24, 2.45) is 17.6 Å². The molecule has 2 rings (SSSR count). The predicted molar refractivity (Wildman–Crippen MR) is 74.3 cm³/mol. The predicted octanol–water partition coefficient (Wildman–Crippen LogP) is 4.35. The number of hydrogen-bond donors (Lipinski definition) is 1. The fourth-order valence-electron chi connectivity index (χ4n) is 2.99. The number of rotatable bonds is 2. The first-order valence-electron chi connectivity index (χ1n) is 6.69. The van der Waals surface area contributed by atoms with E-state index in [1.165, 1.54) is 12.5 Å². The van der Waals surface area contributed by atoms with Crippen LogP contribution in [0.3, 0.4) is 0 Å². The summed E-state index contributed by atoms with van der Waals surface area (Å²) in [5, 5.41) is 0.640. The summed E-state index contributed by atoms with van der Waals surface area (Å²) in [5.74, 6) is 1.27. The minimum absolute atomic E-state index is 0.0966. The molecule has 3 atom stereocenters. The van der Waals surface area contributed by atoms with Gasteiger partial charge in [-0.05, 0) is 54.9 Å². The van der Waals surface area contributed by atoms with Crippen LogP contribution >= 0.6 is 11.6 Å². The molecule has 3 heteroatoms. The maximum absolute atomic E-state index is 13.4. The fourth-order valence-corrected chi connectivity index (χ4v) is 3.25. The van der Waals surface area contributed by atoms with E-state index in [4.69, 9.17) is 17.3 Å². The summed E-state index contributed by atoms with van der Waals surface area (Å²) < 4.78 is 13.4. The molecule has 0 amide bonds. The first-order chi connectivity index (χ1) is 8.49. The summed E-state index contributed by atoms with van der Waals surface area (Å²) in [4.78, 5) is 0. The standard InChI is InChI=1S/C15H21ClFN/c1-9(2)10-3-6-15(18)13(7-10)12-8-11(17)4-5-14(12)16/h4-5,8-10,13,15H,3,6-7,18H2,1-2H3. The maximum Gasteiger partial charge on any atom is 0.123 e. The number of benzene rings is 1. The molecular weight excluding hydrogens is 249 g/mol. The highest BCUT2D eigenvalue weighted by atomic mass is 35.5. The van der Waals surface area contributed by atoms with Gasteiger partial charge < -0.3 is 5.73 Å². The van der Waals surface area contributed by atoms with Gasteiger partial charge in [0.1, 0.15) is 5.82 Å². The second-order valence-corrected chi connectivity index (χ2v) is 6.16. The van der Waals surface area contributed by atoms with Gasteiger partial charge in [-0.3, -0.25) is 0 Å². The van der Waals surface area contributed by atoms with Crippen molar-refractivity contribution >= 4 is 11.6 Å². The van der Waals surface area contributed by atoms with Crippen LogP contribution in [-0.4, -0.2) is 6.04 Å². The molecule has 0 saturated heterocycles. The van der Waals surface area contributed by atoms with Crippen LogP contribution in [-0.2, 0) is 0 Å². The Morgan fingerprint density at radius 1 is 1.33 bits per heavy atom. The van der Waals surface area contributed by atoms with Crippen LogP contribution in [0.1, 0.15) is 44.6 Å². The Morgan fingerprint density at radius 3 is 2.72 bits per heavy atom. The quantitative estimate of drug-likeness (QED) is 0.849. The number of halogens is 2. The van der Waals surface area contributed by atoms with Crippen LogP contribution in [0.2, 0.25) is 5.02 Å². The van der Waals surface area contributed by atoms with E-state index in [1.807, 2.05) is 0 Å². The molecule has 2 N–H and O–H groups in total. The lowest BCUT2D eigenvalue weighted by Gasteiger charge is -2.36. The topological polar surface area (TPSA) is 26.0 Å². The van der Waals surface area contributed by atoms with E-state index < -0.39 is 0 Å². The summed E-state index contributed by atoms with van der Waals surface area (Å²) in [6.45, 7) is 4.48. The first kappa shape index (κ1) is 13.8. The van der Waals surface area contributed by atoms with E-state index in [0.717, 1.165) is 18.4 Å². The van der Waals surface area contributed by atoms with Gasteiger partial charge in [-0.15, -0.1) is 0 Å². The zero-order valence-corrected chi connectivity index (χ0v) is 11.8. The molecule has 0 aliphatic heterocycles. The Balaban J connectivity index is 2.26. The Hall–Kier alpha value is -0.600. The van der Waals surface area contributed by atoms with Crippen molar-refractivity contribution in [1.82, 2.24) is 0 Å². The van der Waals surface area contributed by atoms with Crippen LogP contribution < -0.4 is 5.73 Å². The van der Waals surface area contributed by atoms with Crippen molar-refractivity contribution in [1.29, 1.82) is 0 Å². The van der Waals surface area contributed by atoms with Crippen LogP contribution in [0.4, 0.5) is 4.39 Å². The van der Waals surface area contributed by atoms with Gasteiger partial charge in [0.25, 0.3) is 0 Å². The highest BCUT2D eigenvalue weighted by molar-refractivity contribution is 6.31. The molecular formula is C15H21ClFN. The zero-order chi connectivity index (χ0) is 13.3. The average Bonchev–Trinajstić information content (AvgIpc) is 2.33. The summed E-state index contributed by atoms with van der Waals surface area (Å²) in [5.41, 5.74) is 7.10. The van der Waals surface area contributed by atoms with Gasteiger partial charge in [0.2, 0.25) is 0 Å². The molecule has 100 valence electrons. The minimum Gasteiger partial charge on any atom is -0.327 e. The normalized spacial score (nSPS) is 28.7. The lowest BCUT2D eigenvalue weighted by atomic mass is 9.71. The Kier molecular flexibility index (Phi) is 4.29. The smallest absolute Gasteiger partial charge is 0.123 e. The van der Waals surface area contributed by atoms with Crippen molar-refractivity contribution in [2.45, 2.75) is 45.1 Å². The molecule has 1 aliphatic rings. The van der Waals surface area contributed by atoms with Crippen LogP contribution in [0.25, 0.3) is 0 Å². The van der Waals surface area contributed by atoms with Crippen LogP contribution in [0.15, 0.2) is 18.2 Å². The van der Waals surface area contributed by atoms with Gasteiger partial charge >= 0.3 is 0 Å². The third kappa shape index (κ3) is 2.86. The average molecular weight is 270 g/mol. The van der Waals surface area contributed by atoms with Crippen molar-refractivity contribution in [3.8, 4) is 0 Å². The van der Waals surface area contributed by atoms with Crippen molar-refractivity contribution in [3.63, 3.8) is 0 Å². The number of hydrogen-bond acceptors (Lipinski definition) is 1. The van der Waals surface area contributed by atoms with E-state index in [-0.39, 0.29) is 17.8 Å². The maximum atomic E-state index is 13.4. The molecule has 1 fully saturated rings. The zero-order valence-electron chi connectivity index (χ0n) is 11.0. The monoisotopic (exact) mass is 269 g/mol. The third-order valence-electron chi connectivity index (χ3n) is 4.24. The third-order valence-corrected chi connectivity index (χ3v) is 4.59. The van der Waals surface area contributed by atoms with Gasteiger partial charge in [-0.1, -0.05) is 25.4 Å². The van der Waals surface area contributed by atoms with Crippen molar-refractivity contribution in [3.05, 3.63) is 34.6 Å². The molecule has 1 saturated carbocycles. The fraction of sp³-hybridized carbons (Fsp3) is 0.600. The van der Waals surface area contributed by atoms with Gasteiger partial charge in [-0.25, -0.2) is 4.39 Å². The summed E-state index contributed by atoms with van der Waals surface area (Å²) in [7, 11) is 0. The van der Waals surface area contributed by atoms with Gasteiger partial charge in [-0.2, -0.15) is 0 Å². The molecule has 0 spiro atoms. The molecule has 0 bridgehead atoms. The van der Waals surface area contributed by atoms with E-state index in [0.29, 0.717) is 16.9 Å². The lowest BCUT2D eigenvalue weighted by molar-refractivity contribution is 0.232. The second kappa shape index (κ2) is 5.58. The molecule has 0 aromatic heterocycles. The Morgan fingerprint density at radius 2 is 2.06 bits per heavy atom. The largest absolute Gasteiger partial charge is 0.327 e. The number of nitrogens with two attached hydrogens (primary N) is 1. The minimum atomic E-state index is -0.228. The van der Waals surface area contributed by atoms with Crippen LogP contribution in [0.5, 0.6) is 0 Å². The van der Waals surface area contributed by atoms with Gasteiger partial charge in [0.15, 0.2) is 0 Å². The molecule has 1 nitrogen and oxygen atoms in total.